The first-order chi connectivity index (χ1) is 16.9. The van der Waals surface area contributed by atoms with Crippen LogP contribution in [0.5, 0.6) is 11.5 Å². The zero-order chi connectivity index (χ0) is 24.5. The molecule has 0 fully saturated rings. The van der Waals surface area contributed by atoms with Crippen LogP contribution in [-0.2, 0) is 0 Å². The van der Waals surface area contributed by atoms with E-state index in [1.807, 2.05) is 30.5 Å². The number of carbonyl (C=O) groups is 1. The van der Waals surface area contributed by atoms with Crippen molar-refractivity contribution in [3.63, 3.8) is 0 Å². The lowest BCUT2D eigenvalue weighted by Gasteiger charge is -2.10. The molecule has 0 bridgehead atoms. The van der Waals surface area contributed by atoms with Crippen molar-refractivity contribution in [2.75, 3.05) is 5.32 Å². The van der Waals surface area contributed by atoms with Crippen molar-refractivity contribution >= 4 is 45.9 Å². The molecule has 0 saturated heterocycles. The monoisotopic (exact) mass is 505 g/mol. The first kappa shape index (κ1) is 22.5. The molecule has 9 nitrogen and oxygen atoms in total. The van der Waals surface area contributed by atoms with E-state index >= 15 is 0 Å². The molecule has 174 valence electrons. The molecule has 11 heteroatoms. The van der Waals surface area contributed by atoms with Crippen molar-refractivity contribution in [2.45, 2.75) is 6.92 Å². The summed E-state index contributed by atoms with van der Waals surface area (Å²) in [6.45, 7) is 1.82. The number of aryl methyl sites for hydroxylation is 1. The summed E-state index contributed by atoms with van der Waals surface area (Å²) in [4.78, 5) is 29.3. The highest BCUT2D eigenvalue weighted by Crippen LogP contribution is 2.32. The molecule has 2 aromatic carbocycles. The summed E-state index contributed by atoms with van der Waals surface area (Å²) in [7, 11) is 0. The number of non-ortho nitro benzene ring substituents is 1. The number of anilines is 1. The smallest absolute Gasteiger partial charge is 0.275 e. The minimum Gasteiger partial charge on any atom is -0.457 e. The maximum atomic E-state index is 13.1. The van der Waals surface area contributed by atoms with Crippen molar-refractivity contribution in [3.8, 4) is 22.1 Å². The van der Waals surface area contributed by atoms with Gasteiger partial charge in [-0.2, -0.15) is 5.10 Å². The maximum absolute atomic E-state index is 13.1. The van der Waals surface area contributed by atoms with Crippen molar-refractivity contribution in [2.24, 2.45) is 0 Å². The van der Waals surface area contributed by atoms with E-state index in [1.54, 1.807) is 40.2 Å². The number of benzene rings is 2. The zero-order valence-corrected chi connectivity index (χ0v) is 19.7. The molecule has 0 aliphatic carbocycles. The average Bonchev–Trinajstić information content (AvgIpc) is 3.51. The van der Waals surface area contributed by atoms with Gasteiger partial charge < -0.3 is 10.1 Å². The molecule has 0 spiro atoms. The summed E-state index contributed by atoms with van der Waals surface area (Å²) in [5, 5.41) is 21.0. The van der Waals surface area contributed by atoms with Gasteiger partial charge in [0.05, 0.1) is 33.4 Å². The Morgan fingerprint density at radius 1 is 1.17 bits per heavy atom. The number of nitrogens with one attached hydrogen (secondary N) is 1. The van der Waals surface area contributed by atoms with Gasteiger partial charge >= 0.3 is 0 Å². The highest BCUT2D eigenvalue weighted by atomic mass is 35.5. The Labute approximate surface area is 207 Å². The number of amides is 1. The zero-order valence-electron chi connectivity index (χ0n) is 18.1. The summed E-state index contributed by atoms with van der Waals surface area (Å²) < 4.78 is 7.39. The number of ether oxygens (including phenoxy) is 1. The molecule has 5 aromatic rings. The van der Waals surface area contributed by atoms with Gasteiger partial charge in [0.15, 0.2) is 5.65 Å². The average molecular weight is 506 g/mol. The van der Waals surface area contributed by atoms with Gasteiger partial charge in [0, 0.05) is 23.4 Å². The van der Waals surface area contributed by atoms with Gasteiger partial charge in [0.1, 0.15) is 17.1 Å². The fraction of sp³-hybridized carbons (Fsp3) is 0.0417. The third-order valence-corrected chi connectivity index (χ3v) is 6.46. The molecule has 0 radical (unpaired) electrons. The van der Waals surface area contributed by atoms with Gasteiger partial charge in [-0.05, 0) is 48.2 Å². The minimum absolute atomic E-state index is 0.189. The number of carbonyl (C=O) groups excluding carboxylic acids is 1. The fourth-order valence-corrected chi connectivity index (χ4v) is 4.35. The third-order valence-electron chi connectivity index (χ3n) is 5.14. The number of nitro benzene ring substituents is 1. The second-order valence-electron chi connectivity index (χ2n) is 7.54. The fourth-order valence-electron chi connectivity index (χ4n) is 3.50. The minimum atomic E-state index is -0.556. The predicted octanol–water partition coefficient (Wildman–Crippen LogP) is 6.37. The number of aromatic nitrogens is 3. The Hall–Kier alpha value is -4.28. The van der Waals surface area contributed by atoms with Crippen LogP contribution in [0.3, 0.4) is 0 Å². The van der Waals surface area contributed by atoms with Crippen LogP contribution in [0.4, 0.5) is 11.4 Å². The summed E-state index contributed by atoms with van der Waals surface area (Å²) in [5.74, 6) is 0.136. The van der Waals surface area contributed by atoms with Gasteiger partial charge in [-0.1, -0.05) is 17.7 Å². The van der Waals surface area contributed by atoms with Gasteiger partial charge in [-0.15, -0.1) is 11.3 Å². The Balaban J connectivity index is 1.46. The summed E-state index contributed by atoms with van der Waals surface area (Å²) >= 11 is 7.60. The van der Waals surface area contributed by atoms with Crippen molar-refractivity contribution < 1.29 is 14.5 Å². The van der Waals surface area contributed by atoms with Crippen LogP contribution in [0.1, 0.15) is 15.9 Å². The Kier molecular flexibility index (Phi) is 5.89. The lowest BCUT2D eigenvalue weighted by molar-refractivity contribution is -0.384. The first-order valence-corrected chi connectivity index (χ1v) is 11.6. The highest BCUT2D eigenvalue weighted by molar-refractivity contribution is 7.13. The second-order valence-corrected chi connectivity index (χ2v) is 8.90. The normalized spacial score (nSPS) is 10.9. The predicted molar refractivity (Wildman–Crippen MR) is 134 cm³/mol. The van der Waals surface area contributed by atoms with Gasteiger partial charge in [-0.25, -0.2) is 9.50 Å². The number of nitro groups is 1. The number of thiophene rings is 1. The van der Waals surface area contributed by atoms with Crippen LogP contribution in [0.15, 0.2) is 72.4 Å². The molecule has 1 N–H and O–H groups in total. The van der Waals surface area contributed by atoms with E-state index in [1.165, 1.54) is 24.4 Å². The third kappa shape index (κ3) is 4.57. The van der Waals surface area contributed by atoms with E-state index in [2.05, 4.69) is 15.4 Å². The summed E-state index contributed by atoms with van der Waals surface area (Å²) in [5.41, 5.74) is 2.15. The number of nitrogens with zero attached hydrogens (tertiary/aromatic N) is 4. The van der Waals surface area contributed by atoms with E-state index in [0.29, 0.717) is 16.4 Å². The molecule has 0 saturated carbocycles. The van der Waals surface area contributed by atoms with Crippen molar-refractivity contribution in [1.82, 2.24) is 14.6 Å². The summed E-state index contributed by atoms with van der Waals surface area (Å²) in [6.07, 6.45) is 3.02. The van der Waals surface area contributed by atoms with Crippen molar-refractivity contribution in [1.29, 1.82) is 0 Å². The molecular formula is C24H16ClN5O4S. The Bertz CT molecular complexity index is 1580. The number of rotatable bonds is 6. The topological polar surface area (TPSA) is 112 Å². The Morgan fingerprint density at radius 2 is 2.03 bits per heavy atom. The Morgan fingerprint density at radius 3 is 2.77 bits per heavy atom. The summed E-state index contributed by atoms with van der Waals surface area (Å²) in [6, 6.07) is 14.8. The molecule has 3 heterocycles. The molecule has 0 aliphatic rings. The molecule has 0 atom stereocenters. The number of halogens is 1. The molecule has 1 amide bonds. The van der Waals surface area contributed by atoms with Crippen LogP contribution in [0, 0.1) is 17.0 Å². The van der Waals surface area contributed by atoms with Crippen LogP contribution in [0.2, 0.25) is 5.02 Å². The molecule has 5 rings (SSSR count). The van der Waals surface area contributed by atoms with E-state index in [-0.39, 0.29) is 22.7 Å². The number of hydrogen-bond acceptors (Lipinski definition) is 7. The van der Waals surface area contributed by atoms with E-state index in [0.717, 1.165) is 16.1 Å². The first-order valence-electron chi connectivity index (χ1n) is 10.3. The largest absolute Gasteiger partial charge is 0.457 e. The van der Waals surface area contributed by atoms with Crippen LogP contribution in [-0.4, -0.2) is 25.4 Å². The number of fused-ring (bicyclic) bond motifs is 1. The molecule has 3 aromatic heterocycles. The highest BCUT2D eigenvalue weighted by Gasteiger charge is 2.19. The molecule has 0 aliphatic heterocycles. The molecule has 35 heavy (non-hydrogen) atoms. The van der Waals surface area contributed by atoms with Gasteiger partial charge in [0.25, 0.3) is 11.6 Å². The van der Waals surface area contributed by atoms with Crippen LogP contribution in [0.25, 0.3) is 16.2 Å². The van der Waals surface area contributed by atoms with E-state index in [9.17, 15) is 14.9 Å². The van der Waals surface area contributed by atoms with Crippen LogP contribution < -0.4 is 10.1 Å². The maximum Gasteiger partial charge on any atom is 0.275 e. The van der Waals surface area contributed by atoms with Gasteiger partial charge in [-0.3, -0.25) is 14.9 Å². The lowest BCUT2D eigenvalue weighted by atomic mass is 10.2. The van der Waals surface area contributed by atoms with E-state index < -0.39 is 10.8 Å². The van der Waals surface area contributed by atoms with E-state index in [4.69, 9.17) is 16.3 Å². The number of hydrogen-bond donors (Lipinski definition) is 1. The van der Waals surface area contributed by atoms with Crippen molar-refractivity contribution in [3.05, 3.63) is 98.6 Å². The standard InChI is InChI=1S/C24H16ClN5O4S/c1-14-9-17(4-5-20(14)25)34-18-11-15(10-16(12-18)30(32)33)28-24(31)19-13-27-29-21(6-7-26-23(19)29)22-3-2-8-35-22/h2-13H,1H3,(H,28,31). The van der Waals surface area contributed by atoms with Gasteiger partial charge in [0.2, 0.25) is 0 Å². The SMILES string of the molecule is Cc1cc(Oc2cc(NC(=O)c3cnn4c(-c5cccs5)ccnc34)cc([N+](=O)[O-])c2)ccc1Cl. The quantitative estimate of drug-likeness (QED) is 0.212. The lowest BCUT2D eigenvalue weighted by Crippen LogP contribution is -2.12. The second kappa shape index (κ2) is 9.16. The van der Waals surface area contributed by atoms with Crippen LogP contribution >= 0.6 is 22.9 Å². The molecule has 0 unspecified atom stereocenters. The molecular weight excluding hydrogens is 490 g/mol.